The smallest absolute Gasteiger partial charge is 0.338 e. The molecule has 0 amide bonds. The molecular formula is C75H66O33. The summed E-state index contributed by atoms with van der Waals surface area (Å²) < 4.78 is 34.0. The number of phenolic OH excluding ortho intramolecular Hbond substituents is 23. The molecule has 33 nitrogen and oxygen atoms in total. The summed E-state index contributed by atoms with van der Waals surface area (Å²) in [5.74, 6) is -11.2. The van der Waals surface area contributed by atoms with E-state index in [-0.39, 0.29) is 157 Å². The first-order valence-electron chi connectivity index (χ1n) is 32.0. The van der Waals surface area contributed by atoms with Gasteiger partial charge in [-0.15, -0.1) is 0 Å². The molecule has 108 heavy (non-hydrogen) atoms. The number of aliphatic hydroxyl groups excluding tert-OH is 2. The van der Waals surface area contributed by atoms with E-state index >= 15 is 0 Å². The summed E-state index contributed by atoms with van der Waals surface area (Å²) in [6, 6.07) is 26.4. The lowest BCUT2D eigenvalue weighted by molar-refractivity contribution is -0.0192. The van der Waals surface area contributed by atoms with E-state index in [2.05, 4.69) is 0 Å². The van der Waals surface area contributed by atoms with Crippen LogP contribution in [0.15, 0.2) is 133 Å². The Labute approximate surface area is 606 Å². The van der Waals surface area contributed by atoms with Gasteiger partial charge in [0.2, 0.25) is 0 Å². The number of aromatic hydroxyl groups is 23. The minimum Gasteiger partial charge on any atom is -0.508 e. The minimum absolute atomic E-state index is 0.0461. The fourth-order valence-electron chi connectivity index (χ4n) is 12.2. The highest BCUT2D eigenvalue weighted by atomic mass is 16.6. The van der Waals surface area contributed by atoms with Gasteiger partial charge in [-0.3, -0.25) is 0 Å². The van der Waals surface area contributed by atoms with Crippen molar-refractivity contribution in [2.75, 3.05) is 0 Å². The molecule has 4 heterocycles. The van der Waals surface area contributed by atoms with Crippen LogP contribution in [0, 0.1) is 6.92 Å². The Kier molecular flexibility index (Phi) is 20.6. The van der Waals surface area contributed by atoms with E-state index in [1.807, 2.05) is 0 Å². The first kappa shape index (κ1) is 74.8. The van der Waals surface area contributed by atoms with Gasteiger partial charge in [-0.05, 0) is 90.8 Å². The molecule has 25 N–H and O–H groups in total. The van der Waals surface area contributed by atoms with Crippen LogP contribution in [0.4, 0.5) is 0 Å². The molecule has 0 saturated carbocycles. The van der Waals surface area contributed by atoms with Crippen molar-refractivity contribution in [2.45, 2.75) is 81.4 Å². The SMILES string of the molecule is Cc1cc(C(=O)OC2Cc3c(O)cc(O)cc3OC2c2cc(O)c(O)c(O)c2)cc(O)c1O.O=C(OC1Cc2c(O)cc(O)cc2OC1c1ccc(O)c(O)c1)c1cc(O)c(O)c(O)c1.Oc1cc(O)c2c(c1)OC(c1cc(O)c(O)c(O)c1)C(O)C2.Oc1cc(O)c2c(c1)OC(c1ccc(O)c(O)c1)C(O)C2. The second-order valence-corrected chi connectivity index (χ2v) is 25.1. The van der Waals surface area contributed by atoms with Gasteiger partial charge in [0, 0.05) is 113 Å². The third kappa shape index (κ3) is 15.6. The van der Waals surface area contributed by atoms with Crippen LogP contribution in [0.25, 0.3) is 0 Å². The number of aliphatic hydroxyl groups is 2. The zero-order valence-corrected chi connectivity index (χ0v) is 55.6. The van der Waals surface area contributed by atoms with Gasteiger partial charge in [0.25, 0.3) is 0 Å². The van der Waals surface area contributed by atoms with Crippen LogP contribution in [0.1, 0.15) is 95.2 Å². The number of ether oxygens (including phenoxy) is 6. The Morgan fingerprint density at radius 1 is 0.287 bits per heavy atom. The van der Waals surface area contributed by atoms with Crippen LogP contribution in [0.5, 0.6) is 155 Å². The quantitative estimate of drug-likeness (QED) is 0.0503. The normalized spacial score (nSPS) is 18.5. The minimum atomic E-state index is -1.12. The van der Waals surface area contributed by atoms with E-state index in [0.717, 1.165) is 60.7 Å². The van der Waals surface area contributed by atoms with Crippen molar-refractivity contribution >= 4 is 11.9 Å². The molecule has 8 atom stereocenters. The summed E-state index contributed by atoms with van der Waals surface area (Å²) in [5.41, 5.74) is 2.39. The van der Waals surface area contributed by atoms with Gasteiger partial charge >= 0.3 is 11.9 Å². The Hall–Kier alpha value is -14.3. The van der Waals surface area contributed by atoms with Crippen molar-refractivity contribution in [3.63, 3.8) is 0 Å². The molecule has 4 aliphatic heterocycles. The number of carbonyl (C=O) groups excluding carboxylic acids is 2. The van der Waals surface area contributed by atoms with Gasteiger partial charge in [-0.1, -0.05) is 12.1 Å². The van der Waals surface area contributed by atoms with Crippen molar-refractivity contribution in [3.8, 4) is 155 Å². The molecule has 0 aromatic heterocycles. The van der Waals surface area contributed by atoms with Gasteiger partial charge in [-0.2, -0.15) is 0 Å². The first-order chi connectivity index (χ1) is 51.0. The summed E-state index contributed by atoms with van der Waals surface area (Å²) in [6.07, 6.45) is -7.89. The molecule has 0 aliphatic carbocycles. The summed E-state index contributed by atoms with van der Waals surface area (Å²) in [5, 5.41) is 244. The molecule has 10 aromatic carbocycles. The topological polar surface area (TPSA) is 595 Å². The van der Waals surface area contributed by atoms with Crippen LogP contribution in [-0.4, -0.2) is 164 Å². The van der Waals surface area contributed by atoms with E-state index in [1.54, 1.807) is 0 Å². The van der Waals surface area contributed by atoms with Gasteiger partial charge in [0.15, 0.2) is 105 Å². The molecule has 564 valence electrons. The van der Waals surface area contributed by atoms with Crippen molar-refractivity contribution in [1.82, 2.24) is 0 Å². The molecule has 8 unspecified atom stereocenters. The Bertz CT molecular complexity index is 5080. The van der Waals surface area contributed by atoms with Crippen LogP contribution >= 0.6 is 0 Å². The van der Waals surface area contributed by atoms with Gasteiger partial charge in [-0.25, -0.2) is 9.59 Å². The number of esters is 2. The second-order valence-electron chi connectivity index (χ2n) is 25.1. The van der Waals surface area contributed by atoms with E-state index in [9.17, 15) is 137 Å². The average Bonchev–Trinajstić information content (AvgIpc) is 0.785. The number of hydrogen-bond acceptors (Lipinski definition) is 33. The van der Waals surface area contributed by atoms with Crippen LogP contribution < -0.4 is 18.9 Å². The summed E-state index contributed by atoms with van der Waals surface area (Å²) >= 11 is 0. The second kappa shape index (κ2) is 29.8. The third-order valence-electron chi connectivity index (χ3n) is 17.5. The predicted octanol–water partition coefficient (Wildman–Crippen LogP) is 8.16. The monoisotopic (exact) mass is 1490 g/mol. The van der Waals surface area contributed by atoms with Crippen molar-refractivity contribution in [1.29, 1.82) is 0 Å². The zero-order valence-electron chi connectivity index (χ0n) is 55.6. The molecular weight excluding hydrogens is 1430 g/mol. The third-order valence-corrected chi connectivity index (χ3v) is 17.5. The van der Waals surface area contributed by atoms with Crippen molar-refractivity contribution in [2.24, 2.45) is 0 Å². The van der Waals surface area contributed by atoms with Crippen molar-refractivity contribution < 1.29 is 166 Å². The molecule has 0 fully saturated rings. The summed E-state index contributed by atoms with van der Waals surface area (Å²) in [4.78, 5) is 25.5. The largest absolute Gasteiger partial charge is 0.508 e. The molecule has 0 saturated heterocycles. The highest BCUT2D eigenvalue weighted by Gasteiger charge is 2.41. The molecule has 33 heteroatoms. The molecule has 0 bridgehead atoms. The van der Waals surface area contributed by atoms with Gasteiger partial charge < -0.3 is 156 Å². The Balaban J connectivity index is 0.000000146. The molecule has 14 rings (SSSR count). The standard InChI is InChI=1S/C23H20O10.C22H18O10.C15H14O7.C15H14O6/c1-9-2-11(5-15(26)20(9)29)23(31)33-19-8-13-14(25)6-12(24)7-18(13)32-22(19)10-3-16(27)21(30)17(28)4-10;23-11-6-14(25)12-8-19(32-22(30)10-4-16(27)20(29)17(28)5-10)21(31-18(12)7-11)9-1-2-13(24)15(26)3-9;16-7-3-9(17)8-5-12(20)15(22-13(8)4-7)6-1-10(18)14(21)11(19)2-6;16-8-4-11(18)9-6-13(20)15(21-14(9)5-8)7-1-2-10(17)12(19)3-7/h2-7,19,22,24-30H,8H2,1H3;1-7,19,21,23-29H,8H2;1-4,12,15-21H,5H2;1-5,13,15-20H,6H2. The highest BCUT2D eigenvalue weighted by Crippen LogP contribution is 2.51. The van der Waals surface area contributed by atoms with E-state index in [1.165, 1.54) is 79.7 Å². The van der Waals surface area contributed by atoms with E-state index in [0.29, 0.717) is 22.3 Å². The van der Waals surface area contributed by atoms with Crippen molar-refractivity contribution in [3.05, 3.63) is 195 Å². The molecule has 0 radical (unpaired) electrons. The maximum atomic E-state index is 12.8. The van der Waals surface area contributed by atoms with Gasteiger partial charge in [0.05, 0.1) is 23.3 Å². The number of carbonyl (C=O) groups is 2. The molecule has 4 aliphatic rings. The Morgan fingerprint density at radius 3 is 0.898 bits per heavy atom. The zero-order chi connectivity index (χ0) is 78.3. The number of aryl methyl sites for hydroxylation is 1. The lowest BCUT2D eigenvalue weighted by Gasteiger charge is -2.34. The number of hydrogen-bond donors (Lipinski definition) is 25. The highest BCUT2D eigenvalue weighted by molar-refractivity contribution is 5.92. The van der Waals surface area contributed by atoms with E-state index in [4.69, 9.17) is 28.4 Å². The lowest BCUT2D eigenvalue weighted by Crippen LogP contribution is -2.34. The number of fused-ring (bicyclic) bond motifs is 4. The molecule has 10 aromatic rings. The maximum absolute atomic E-state index is 12.8. The summed E-state index contributed by atoms with van der Waals surface area (Å²) in [6.45, 7) is 1.49. The average molecular weight is 1500 g/mol. The fraction of sp³-hybridized carbons (Fsp3) is 0.173. The Morgan fingerprint density at radius 2 is 0.556 bits per heavy atom. The van der Waals surface area contributed by atoms with E-state index < -0.39 is 124 Å². The predicted molar refractivity (Wildman–Crippen MR) is 366 cm³/mol. The maximum Gasteiger partial charge on any atom is 0.338 e. The number of benzene rings is 10. The fourth-order valence-corrected chi connectivity index (χ4v) is 12.2. The van der Waals surface area contributed by atoms with Crippen LogP contribution in [-0.2, 0) is 35.2 Å². The molecule has 0 spiro atoms. The van der Waals surface area contributed by atoms with Crippen LogP contribution in [0.2, 0.25) is 0 Å². The lowest BCUT2D eigenvalue weighted by atomic mass is 9.93. The van der Waals surface area contributed by atoms with Crippen LogP contribution in [0.3, 0.4) is 0 Å². The van der Waals surface area contributed by atoms with Gasteiger partial charge in [0.1, 0.15) is 87.3 Å². The number of phenols is 23. The summed E-state index contributed by atoms with van der Waals surface area (Å²) in [7, 11) is 0. The number of rotatable bonds is 8. The first-order valence-corrected chi connectivity index (χ1v) is 32.0.